The van der Waals surface area contributed by atoms with Crippen LogP contribution < -0.4 is 0 Å². The zero-order valence-electron chi connectivity index (χ0n) is 10.3. The third kappa shape index (κ3) is 3.78. The van der Waals surface area contributed by atoms with Gasteiger partial charge in [-0.2, -0.15) is 0 Å². The van der Waals surface area contributed by atoms with Gasteiger partial charge >= 0.3 is 0 Å². The molecule has 2 nitrogen and oxygen atoms in total. The van der Waals surface area contributed by atoms with Crippen molar-refractivity contribution in [2.24, 2.45) is 5.92 Å². The summed E-state index contributed by atoms with van der Waals surface area (Å²) in [6.07, 6.45) is 9.73. The first-order valence-electron chi connectivity index (χ1n) is 6.39. The molecule has 2 rings (SSSR count). The van der Waals surface area contributed by atoms with Gasteiger partial charge in [0.25, 0.3) is 0 Å². The maximum atomic E-state index is 10.7. The van der Waals surface area contributed by atoms with E-state index in [4.69, 9.17) is 0 Å². The second-order valence-electron chi connectivity index (χ2n) is 5.45. The summed E-state index contributed by atoms with van der Waals surface area (Å²) < 4.78 is 0.987. The molecule has 1 saturated carbocycles. The molecule has 17 heavy (non-hydrogen) atoms. The fourth-order valence-corrected chi connectivity index (χ4v) is 3.09. The van der Waals surface area contributed by atoms with Gasteiger partial charge in [-0.3, -0.25) is 4.98 Å². The number of hydrogen-bond donors (Lipinski definition) is 1. The van der Waals surface area contributed by atoms with Crippen LogP contribution in [0.15, 0.2) is 22.9 Å². The van der Waals surface area contributed by atoms with E-state index in [0.717, 1.165) is 48.1 Å². The van der Waals surface area contributed by atoms with E-state index in [1.165, 1.54) is 6.42 Å². The summed E-state index contributed by atoms with van der Waals surface area (Å²) in [5.41, 5.74) is 0.601. The highest BCUT2D eigenvalue weighted by atomic mass is 79.9. The molecule has 1 aromatic rings. The van der Waals surface area contributed by atoms with E-state index in [-0.39, 0.29) is 0 Å². The minimum absolute atomic E-state index is 0.521. The van der Waals surface area contributed by atoms with E-state index in [2.05, 4.69) is 33.9 Å². The van der Waals surface area contributed by atoms with Crippen LogP contribution in [0.4, 0.5) is 0 Å². The van der Waals surface area contributed by atoms with Crippen LogP contribution in [0.2, 0.25) is 0 Å². The zero-order valence-corrected chi connectivity index (χ0v) is 11.9. The summed E-state index contributed by atoms with van der Waals surface area (Å²) in [6.45, 7) is 2.28. The molecule has 1 fully saturated rings. The van der Waals surface area contributed by atoms with Gasteiger partial charge < -0.3 is 5.11 Å². The molecule has 1 aromatic heterocycles. The first kappa shape index (κ1) is 13.0. The first-order valence-corrected chi connectivity index (χ1v) is 7.18. The molecule has 2 atom stereocenters. The Morgan fingerprint density at radius 3 is 3.00 bits per heavy atom. The average molecular weight is 298 g/mol. The van der Waals surface area contributed by atoms with Crippen LogP contribution in [0.1, 0.15) is 44.6 Å². The molecule has 0 radical (unpaired) electrons. The lowest BCUT2D eigenvalue weighted by Gasteiger charge is -2.26. The molecule has 1 aliphatic rings. The smallest absolute Gasteiger partial charge is 0.0688 e. The third-order valence-electron chi connectivity index (χ3n) is 3.74. The Bertz CT molecular complexity index is 382. The molecule has 0 aromatic carbocycles. The Balaban J connectivity index is 2.06. The quantitative estimate of drug-likeness (QED) is 0.844. The molecule has 0 aliphatic heterocycles. The normalized spacial score (nSPS) is 29.9. The second kappa shape index (κ2) is 5.49. The van der Waals surface area contributed by atoms with Crippen molar-refractivity contribution in [1.29, 1.82) is 0 Å². The fraction of sp³-hybridized carbons (Fsp3) is 0.643. The van der Waals surface area contributed by atoms with Gasteiger partial charge in [0.2, 0.25) is 0 Å². The molecule has 0 amide bonds. The maximum absolute atomic E-state index is 10.7. The monoisotopic (exact) mass is 297 g/mol. The Hall–Kier alpha value is -0.410. The number of rotatable bonds is 2. The van der Waals surface area contributed by atoms with Crippen molar-refractivity contribution in [2.45, 2.75) is 51.0 Å². The van der Waals surface area contributed by atoms with Crippen molar-refractivity contribution < 1.29 is 5.11 Å². The highest BCUT2D eigenvalue weighted by Gasteiger charge is 2.30. The largest absolute Gasteiger partial charge is 0.390 e. The summed E-state index contributed by atoms with van der Waals surface area (Å²) in [6, 6.07) is 2.05. The van der Waals surface area contributed by atoms with Crippen LogP contribution in [-0.4, -0.2) is 15.7 Å². The minimum Gasteiger partial charge on any atom is -0.390 e. The highest BCUT2D eigenvalue weighted by Crippen LogP contribution is 2.32. The van der Waals surface area contributed by atoms with Crippen LogP contribution in [0.3, 0.4) is 0 Å². The molecule has 1 aliphatic carbocycles. The summed E-state index contributed by atoms with van der Waals surface area (Å²) in [5, 5.41) is 10.7. The van der Waals surface area contributed by atoms with Crippen molar-refractivity contribution in [3.05, 3.63) is 28.5 Å². The van der Waals surface area contributed by atoms with E-state index in [9.17, 15) is 5.11 Å². The summed E-state index contributed by atoms with van der Waals surface area (Å²) >= 11 is 3.43. The summed E-state index contributed by atoms with van der Waals surface area (Å²) in [4.78, 5) is 4.16. The van der Waals surface area contributed by atoms with Crippen molar-refractivity contribution in [2.75, 3.05) is 0 Å². The van der Waals surface area contributed by atoms with Gasteiger partial charge in [-0.15, -0.1) is 0 Å². The van der Waals surface area contributed by atoms with E-state index in [1.807, 2.05) is 6.20 Å². The molecule has 2 unspecified atom stereocenters. The molecule has 3 heteroatoms. The predicted octanol–water partition coefficient (Wildman–Crippen LogP) is 3.72. The predicted molar refractivity (Wildman–Crippen MR) is 72.8 cm³/mol. The number of aromatic nitrogens is 1. The standard InChI is InChI=1S/C14H20BrNO/c1-11-3-2-5-14(17,6-4-11)8-12-7-13(15)10-16-9-12/h7,9-11,17H,2-6,8H2,1H3. The zero-order chi connectivity index (χ0) is 12.3. The van der Waals surface area contributed by atoms with Gasteiger partial charge in [0.05, 0.1) is 5.60 Å². The molecule has 94 valence electrons. The SMILES string of the molecule is CC1CCCC(O)(Cc2cncc(Br)c2)CC1. The second-order valence-corrected chi connectivity index (χ2v) is 6.36. The number of nitrogens with zero attached hydrogens (tertiary/aromatic N) is 1. The Kier molecular flexibility index (Phi) is 4.21. The van der Waals surface area contributed by atoms with Crippen LogP contribution >= 0.6 is 15.9 Å². The molecular formula is C14H20BrNO. The summed E-state index contributed by atoms with van der Waals surface area (Å²) in [7, 11) is 0. The summed E-state index contributed by atoms with van der Waals surface area (Å²) in [5.74, 6) is 0.754. The third-order valence-corrected chi connectivity index (χ3v) is 4.17. The van der Waals surface area contributed by atoms with Gasteiger partial charge in [0.1, 0.15) is 0 Å². The number of halogens is 1. The van der Waals surface area contributed by atoms with Crippen molar-refractivity contribution in [3.63, 3.8) is 0 Å². The Morgan fingerprint density at radius 2 is 2.24 bits per heavy atom. The lowest BCUT2D eigenvalue weighted by Crippen LogP contribution is -2.30. The molecule has 0 spiro atoms. The van der Waals surface area contributed by atoms with Crippen molar-refractivity contribution >= 4 is 15.9 Å². The minimum atomic E-state index is -0.521. The van der Waals surface area contributed by atoms with Gasteiger partial charge in [-0.05, 0) is 52.7 Å². The van der Waals surface area contributed by atoms with Crippen LogP contribution in [0.25, 0.3) is 0 Å². The van der Waals surface area contributed by atoms with Crippen LogP contribution in [0.5, 0.6) is 0 Å². The molecule has 0 saturated heterocycles. The van der Waals surface area contributed by atoms with Gasteiger partial charge in [0.15, 0.2) is 0 Å². The Labute approximate surface area is 112 Å². The van der Waals surface area contributed by atoms with Gasteiger partial charge in [0, 0.05) is 23.3 Å². The highest BCUT2D eigenvalue weighted by molar-refractivity contribution is 9.10. The first-order chi connectivity index (χ1) is 8.07. The van der Waals surface area contributed by atoms with Crippen LogP contribution in [-0.2, 0) is 6.42 Å². The number of hydrogen-bond acceptors (Lipinski definition) is 2. The van der Waals surface area contributed by atoms with Crippen LogP contribution in [0, 0.1) is 5.92 Å². The molecule has 1 N–H and O–H groups in total. The van der Waals surface area contributed by atoms with E-state index in [1.54, 1.807) is 6.20 Å². The fourth-order valence-electron chi connectivity index (χ4n) is 2.67. The van der Waals surface area contributed by atoms with Crippen molar-refractivity contribution in [3.8, 4) is 0 Å². The van der Waals surface area contributed by atoms with E-state index < -0.39 is 5.60 Å². The van der Waals surface area contributed by atoms with E-state index in [0.29, 0.717) is 0 Å². The average Bonchev–Trinajstić information content (AvgIpc) is 2.41. The molecular weight excluding hydrogens is 278 g/mol. The topological polar surface area (TPSA) is 33.1 Å². The maximum Gasteiger partial charge on any atom is 0.0688 e. The van der Waals surface area contributed by atoms with Gasteiger partial charge in [-0.1, -0.05) is 19.8 Å². The van der Waals surface area contributed by atoms with E-state index >= 15 is 0 Å². The lowest BCUT2D eigenvalue weighted by molar-refractivity contribution is 0.0243. The molecule has 0 bridgehead atoms. The molecule has 1 heterocycles. The lowest BCUT2D eigenvalue weighted by atomic mass is 9.88. The Morgan fingerprint density at radius 1 is 1.41 bits per heavy atom. The number of aliphatic hydroxyl groups is 1. The number of pyridine rings is 1. The van der Waals surface area contributed by atoms with Crippen molar-refractivity contribution in [1.82, 2.24) is 4.98 Å². The van der Waals surface area contributed by atoms with Gasteiger partial charge in [-0.25, -0.2) is 0 Å².